The highest BCUT2D eigenvalue weighted by Gasteiger charge is 2.24. The number of halogens is 2. The number of thiocarbonyl (C=S) groups is 1. The predicted octanol–water partition coefficient (Wildman–Crippen LogP) is 1.31. The van der Waals surface area contributed by atoms with Crippen LogP contribution in [0.1, 0.15) is 11.6 Å². The molecule has 0 aliphatic rings. The predicted molar refractivity (Wildman–Crippen MR) is 66.2 cm³/mol. The highest BCUT2D eigenvalue weighted by atomic mass is 32.1. The molecular weight excluding hydrogens is 262 g/mol. The van der Waals surface area contributed by atoms with Crippen molar-refractivity contribution in [3.63, 3.8) is 0 Å². The summed E-state index contributed by atoms with van der Waals surface area (Å²) < 4.78 is 26.4. The molecule has 3 N–H and O–H groups in total. The minimum atomic E-state index is -1.10. The average molecular weight is 274 g/mol. The summed E-state index contributed by atoms with van der Waals surface area (Å²) in [6, 6.07) is 2.08. The fraction of sp³-hybridized carbons (Fsp3) is 0.273. The third-order valence-corrected chi connectivity index (χ3v) is 2.58. The van der Waals surface area contributed by atoms with Gasteiger partial charge < -0.3 is 10.8 Å². The number of rotatable bonds is 5. The van der Waals surface area contributed by atoms with Gasteiger partial charge in [-0.05, 0) is 13.1 Å². The Morgan fingerprint density at radius 1 is 1.56 bits per heavy atom. The number of benzene rings is 1. The summed E-state index contributed by atoms with van der Waals surface area (Å²) in [5.41, 5.74) is 5.54. The zero-order chi connectivity index (χ0) is 13.9. The summed E-state index contributed by atoms with van der Waals surface area (Å²) in [5, 5.41) is 8.70. The van der Waals surface area contributed by atoms with E-state index in [1.807, 2.05) is 0 Å². The van der Waals surface area contributed by atoms with Crippen molar-refractivity contribution in [2.24, 2.45) is 5.73 Å². The average Bonchev–Trinajstić information content (AvgIpc) is 2.20. The lowest BCUT2D eigenvalue weighted by Crippen LogP contribution is -2.37. The second kappa shape index (κ2) is 5.83. The van der Waals surface area contributed by atoms with E-state index in [1.54, 1.807) is 0 Å². The van der Waals surface area contributed by atoms with Gasteiger partial charge in [-0.25, -0.2) is 8.78 Å². The quantitative estimate of drug-likeness (QED) is 0.792. The second-order valence-electron chi connectivity index (χ2n) is 3.78. The normalized spacial score (nSPS) is 12.4. The van der Waals surface area contributed by atoms with E-state index in [0.717, 1.165) is 6.07 Å². The molecule has 4 nitrogen and oxygen atoms in total. The van der Waals surface area contributed by atoms with Crippen LogP contribution in [0.4, 0.5) is 8.78 Å². The summed E-state index contributed by atoms with van der Waals surface area (Å²) in [4.78, 5) is 11.8. The van der Waals surface area contributed by atoms with Gasteiger partial charge in [-0.15, -0.1) is 0 Å². The van der Waals surface area contributed by atoms with Crippen molar-refractivity contribution < 1.29 is 18.7 Å². The van der Waals surface area contributed by atoms with E-state index in [1.165, 1.54) is 18.0 Å². The van der Waals surface area contributed by atoms with E-state index in [2.05, 4.69) is 0 Å². The third-order valence-electron chi connectivity index (χ3n) is 2.35. The van der Waals surface area contributed by atoms with Gasteiger partial charge in [0.2, 0.25) is 0 Å². The Hall–Kier alpha value is -1.60. The largest absolute Gasteiger partial charge is 0.480 e. The summed E-state index contributed by atoms with van der Waals surface area (Å²) in [6.07, 6.45) is 0. The molecule has 0 saturated carbocycles. The van der Waals surface area contributed by atoms with Crippen LogP contribution in [0.2, 0.25) is 0 Å². The maximum Gasteiger partial charge on any atom is 0.317 e. The Morgan fingerprint density at radius 3 is 2.61 bits per heavy atom. The number of hydrogen-bond acceptors (Lipinski definition) is 3. The summed E-state index contributed by atoms with van der Waals surface area (Å²) in [7, 11) is 1.45. The number of carboxylic acids is 1. The molecule has 98 valence electrons. The van der Waals surface area contributed by atoms with Crippen LogP contribution in [-0.2, 0) is 4.79 Å². The molecule has 0 aliphatic carbocycles. The van der Waals surface area contributed by atoms with Crippen LogP contribution in [-0.4, -0.2) is 34.6 Å². The fourth-order valence-electron chi connectivity index (χ4n) is 1.64. The van der Waals surface area contributed by atoms with E-state index >= 15 is 0 Å². The van der Waals surface area contributed by atoms with Gasteiger partial charge in [0.1, 0.15) is 11.6 Å². The molecule has 0 fully saturated rings. The standard InChI is InChI=1S/C11H12F2N2O2S/c1-15(5-9(16)17)10(11(14)18)7-3-2-6(12)4-8(7)13/h2-4,10H,5H2,1H3,(H2,14,18)(H,16,17). The zero-order valence-electron chi connectivity index (χ0n) is 9.56. The van der Waals surface area contributed by atoms with Crippen LogP contribution < -0.4 is 5.73 Å². The Morgan fingerprint density at radius 2 is 2.17 bits per heavy atom. The van der Waals surface area contributed by atoms with Crippen LogP contribution in [0.15, 0.2) is 18.2 Å². The molecule has 1 atom stereocenters. The van der Waals surface area contributed by atoms with Crippen LogP contribution in [0.3, 0.4) is 0 Å². The van der Waals surface area contributed by atoms with Gasteiger partial charge in [-0.3, -0.25) is 9.69 Å². The lowest BCUT2D eigenvalue weighted by Gasteiger charge is -2.26. The van der Waals surface area contributed by atoms with Crippen LogP contribution in [0.5, 0.6) is 0 Å². The lowest BCUT2D eigenvalue weighted by atomic mass is 10.0. The second-order valence-corrected chi connectivity index (χ2v) is 4.25. The molecule has 1 aromatic rings. The lowest BCUT2D eigenvalue weighted by molar-refractivity contribution is -0.138. The Balaban J connectivity index is 3.12. The van der Waals surface area contributed by atoms with Crippen molar-refractivity contribution in [1.29, 1.82) is 0 Å². The minimum Gasteiger partial charge on any atom is -0.480 e. The molecule has 1 unspecified atom stereocenters. The zero-order valence-corrected chi connectivity index (χ0v) is 10.4. The number of nitrogens with zero attached hydrogens (tertiary/aromatic N) is 1. The van der Waals surface area contributed by atoms with Gasteiger partial charge >= 0.3 is 5.97 Å². The topological polar surface area (TPSA) is 66.6 Å². The highest BCUT2D eigenvalue weighted by Crippen LogP contribution is 2.23. The maximum atomic E-state index is 13.6. The summed E-state index contributed by atoms with van der Waals surface area (Å²) >= 11 is 4.80. The van der Waals surface area contributed by atoms with E-state index in [9.17, 15) is 13.6 Å². The smallest absolute Gasteiger partial charge is 0.317 e. The van der Waals surface area contributed by atoms with Gasteiger partial charge in [-0.1, -0.05) is 18.3 Å². The van der Waals surface area contributed by atoms with Gasteiger partial charge in [0.05, 0.1) is 17.6 Å². The fourth-order valence-corrected chi connectivity index (χ4v) is 1.94. The first kappa shape index (κ1) is 14.5. The molecule has 0 heterocycles. The summed E-state index contributed by atoms with van der Waals surface area (Å²) in [5.74, 6) is -2.63. The van der Waals surface area contributed by atoms with Crippen LogP contribution in [0.25, 0.3) is 0 Å². The molecule has 18 heavy (non-hydrogen) atoms. The molecule has 0 aromatic heterocycles. The molecule has 0 spiro atoms. The van der Waals surface area contributed by atoms with Crippen molar-refractivity contribution in [3.05, 3.63) is 35.4 Å². The van der Waals surface area contributed by atoms with Crippen molar-refractivity contribution in [2.45, 2.75) is 6.04 Å². The number of likely N-dealkylation sites (N-methyl/N-ethyl adjacent to an activating group) is 1. The molecule has 0 bridgehead atoms. The van der Waals surface area contributed by atoms with Gasteiger partial charge in [0.25, 0.3) is 0 Å². The summed E-state index contributed by atoms with van der Waals surface area (Å²) in [6.45, 7) is -0.362. The number of aliphatic carboxylic acids is 1. The SMILES string of the molecule is CN(CC(=O)O)C(C(N)=S)c1ccc(F)cc1F. The van der Waals surface area contributed by atoms with Gasteiger partial charge in [0, 0.05) is 11.6 Å². The van der Waals surface area contributed by atoms with Gasteiger partial charge in [0.15, 0.2) is 0 Å². The number of carbonyl (C=O) groups is 1. The Bertz CT molecular complexity index is 482. The van der Waals surface area contributed by atoms with Crippen molar-refractivity contribution in [2.75, 3.05) is 13.6 Å². The molecule has 0 aliphatic heterocycles. The van der Waals surface area contributed by atoms with Crippen molar-refractivity contribution >= 4 is 23.2 Å². The minimum absolute atomic E-state index is 0.0488. The Kier molecular flexibility index (Phi) is 4.69. The van der Waals surface area contributed by atoms with Gasteiger partial charge in [-0.2, -0.15) is 0 Å². The number of carboxylic acid groups (broad SMARTS) is 1. The molecule has 1 aromatic carbocycles. The van der Waals surface area contributed by atoms with E-state index in [4.69, 9.17) is 23.1 Å². The van der Waals surface area contributed by atoms with Crippen molar-refractivity contribution in [1.82, 2.24) is 4.90 Å². The highest BCUT2D eigenvalue weighted by molar-refractivity contribution is 7.80. The number of nitrogens with two attached hydrogens (primary N) is 1. The third kappa shape index (κ3) is 3.44. The first-order valence-corrected chi connectivity index (χ1v) is 5.40. The van der Waals surface area contributed by atoms with E-state index < -0.39 is 23.6 Å². The molecule has 0 amide bonds. The molecule has 7 heteroatoms. The van der Waals surface area contributed by atoms with E-state index in [-0.39, 0.29) is 17.1 Å². The maximum absolute atomic E-state index is 13.6. The first-order chi connectivity index (χ1) is 8.32. The monoisotopic (exact) mass is 274 g/mol. The molecule has 0 radical (unpaired) electrons. The number of hydrogen-bond donors (Lipinski definition) is 2. The molecule has 0 saturated heterocycles. The molecule has 1 rings (SSSR count). The van der Waals surface area contributed by atoms with Crippen LogP contribution >= 0.6 is 12.2 Å². The van der Waals surface area contributed by atoms with E-state index in [0.29, 0.717) is 6.07 Å². The van der Waals surface area contributed by atoms with Crippen molar-refractivity contribution in [3.8, 4) is 0 Å². The van der Waals surface area contributed by atoms with Crippen LogP contribution in [0, 0.1) is 11.6 Å². The molecular formula is C11H12F2N2O2S. The first-order valence-electron chi connectivity index (χ1n) is 4.99. The Labute approximate surface area is 108 Å².